The Morgan fingerprint density at radius 2 is 2.10 bits per heavy atom. The SMILES string of the molecule is CNC1c2ccccc2OCC1N1CCC(C(C)C)C1. The summed E-state index contributed by atoms with van der Waals surface area (Å²) in [6.07, 6.45) is 1.33. The van der Waals surface area contributed by atoms with Crippen LogP contribution in [0.25, 0.3) is 0 Å². The van der Waals surface area contributed by atoms with Gasteiger partial charge in [-0.15, -0.1) is 0 Å². The van der Waals surface area contributed by atoms with E-state index in [1.54, 1.807) is 0 Å². The van der Waals surface area contributed by atoms with E-state index >= 15 is 0 Å². The van der Waals surface area contributed by atoms with Crippen LogP contribution in [0.2, 0.25) is 0 Å². The maximum Gasteiger partial charge on any atom is 0.124 e. The van der Waals surface area contributed by atoms with Gasteiger partial charge in [-0.1, -0.05) is 32.0 Å². The minimum absolute atomic E-state index is 0.380. The Balaban J connectivity index is 1.78. The fourth-order valence-electron chi connectivity index (χ4n) is 3.67. The van der Waals surface area contributed by atoms with Crippen LogP contribution in [0.3, 0.4) is 0 Å². The number of hydrogen-bond acceptors (Lipinski definition) is 3. The number of rotatable bonds is 3. The Bertz CT molecular complexity index is 460. The van der Waals surface area contributed by atoms with E-state index in [-0.39, 0.29) is 0 Å². The molecule has 3 unspecified atom stereocenters. The molecule has 1 saturated heterocycles. The lowest BCUT2D eigenvalue weighted by molar-refractivity contribution is 0.102. The van der Waals surface area contributed by atoms with Crippen molar-refractivity contribution in [2.75, 3.05) is 26.7 Å². The van der Waals surface area contributed by atoms with E-state index < -0.39 is 0 Å². The van der Waals surface area contributed by atoms with E-state index in [4.69, 9.17) is 4.74 Å². The smallest absolute Gasteiger partial charge is 0.124 e. The average Bonchev–Trinajstić information content (AvgIpc) is 2.95. The molecule has 20 heavy (non-hydrogen) atoms. The Hall–Kier alpha value is -1.06. The molecule has 0 bridgehead atoms. The monoisotopic (exact) mass is 274 g/mol. The standard InChI is InChI=1S/C17H26N2O/c1-12(2)13-8-9-19(10-13)15-11-20-16-7-5-4-6-14(16)17(15)18-3/h4-7,12-13,15,17-18H,8-11H2,1-3H3. The first kappa shape index (κ1) is 13.9. The van der Waals surface area contributed by atoms with Crippen molar-refractivity contribution in [1.29, 1.82) is 0 Å². The summed E-state index contributed by atoms with van der Waals surface area (Å²) in [6.45, 7) is 7.91. The lowest BCUT2D eigenvalue weighted by atomic mass is 9.94. The highest BCUT2D eigenvalue weighted by molar-refractivity contribution is 5.38. The molecule has 1 fully saturated rings. The molecule has 2 heterocycles. The quantitative estimate of drug-likeness (QED) is 0.917. The molecule has 3 nitrogen and oxygen atoms in total. The lowest BCUT2D eigenvalue weighted by Gasteiger charge is -2.39. The second-order valence-electron chi connectivity index (χ2n) is 6.47. The molecule has 3 heteroatoms. The number of nitrogens with one attached hydrogen (secondary N) is 1. The van der Waals surface area contributed by atoms with E-state index in [0.717, 1.165) is 24.2 Å². The van der Waals surface area contributed by atoms with Crippen LogP contribution < -0.4 is 10.1 Å². The van der Waals surface area contributed by atoms with Gasteiger partial charge in [-0.2, -0.15) is 0 Å². The topological polar surface area (TPSA) is 24.5 Å². The zero-order valence-corrected chi connectivity index (χ0v) is 12.8. The van der Waals surface area contributed by atoms with E-state index in [9.17, 15) is 0 Å². The molecule has 0 spiro atoms. The molecular weight excluding hydrogens is 248 g/mol. The Morgan fingerprint density at radius 3 is 2.80 bits per heavy atom. The highest BCUT2D eigenvalue weighted by Gasteiger charge is 2.37. The molecule has 1 N–H and O–H groups in total. The first-order valence-electron chi connectivity index (χ1n) is 7.83. The van der Waals surface area contributed by atoms with E-state index in [1.807, 2.05) is 0 Å². The summed E-state index contributed by atoms with van der Waals surface area (Å²) in [7, 11) is 2.07. The molecule has 0 saturated carbocycles. The molecule has 0 radical (unpaired) electrons. The highest BCUT2D eigenvalue weighted by atomic mass is 16.5. The predicted octanol–water partition coefficient (Wildman–Crippen LogP) is 2.69. The molecule has 2 aliphatic rings. The average molecular weight is 274 g/mol. The summed E-state index contributed by atoms with van der Waals surface area (Å²) >= 11 is 0. The summed E-state index contributed by atoms with van der Waals surface area (Å²) in [6, 6.07) is 9.27. The van der Waals surface area contributed by atoms with Crippen molar-refractivity contribution in [3.8, 4) is 5.75 Å². The van der Waals surface area contributed by atoms with Gasteiger partial charge in [0.2, 0.25) is 0 Å². The van der Waals surface area contributed by atoms with Gasteiger partial charge < -0.3 is 10.1 Å². The Kier molecular flexibility index (Phi) is 3.99. The van der Waals surface area contributed by atoms with Gasteiger partial charge in [0.25, 0.3) is 0 Å². The third-order valence-corrected chi connectivity index (χ3v) is 5.03. The number of benzene rings is 1. The van der Waals surface area contributed by atoms with Crippen molar-refractivity contribution in [2.45, 2.75) is 32.4 Å². The molecule has 0 aromatic heterocycles. The summed E-state index contributed by atoms with van der Waals surface area (Å²) in [5.41, 5.74) is 1.30. The second kappa shape index (κ2) is 5.74. The summed E-state index contributed by atoms with van der Waals surface area (Å²) < 4.78 is 5.99. The van der Waals surface area contributed by atoms with Crippen molar-refractivity contribution < 1.29 is 4.74 Å². The third-order valence-electron chi connectivity index (χ3n) is 5.03. The van der Waals surface area contributed by atoms with Crippen LogP contribution in [-0.2, 0) is 0 Å². The van der Waals surface area contributed by atoms with E-state index in [1.165, 1.54) is 25.1 Å². The number of nitrogens with zero attached hydrogens (tertiary/aromatic N) is 1. The number of ether oxygens (including phenoxy) is 1. The lowest BCUT2D eigenvalue weighted by Crippen LogP contribution is -2.48. The first-order chi connectivity index (χ1) is 9.70. The molecule has 1 aromatic rings. The fraction of sp³-hybridized carbons (Fsp3) is 0.647. The summed E-state index contributed by atoms with van der Waals surface area (Å²) in [5, 5.41) is 3.51. The van der Waals surface area contributed by atoms with Crippen LogP contribution in [0, 0.1) is 11.8 Å². The van der Waals surface area contributed by atoms with Gasteiger partial charge in [0.1, 0.15) is 12.4 Å². The maximum absolute atomic E-state index is 5.99. The molecule has 2 aliphatic heterocycles. The van der Waals surface area contributed by atoms with Crippen molar-refractivity contribution in [2.24, 2.45) is 11.8 Å². The summed E-state index contributed by atoms with van der Waals surface area (Å²) in [5.74, 6) is 2.66. The Labute approximate surface area is 122 Å². The molecule has 110 valence electrons. The molecule has 3 atom stereocenters. The minimum atomic E-state index is 0.380. The normalized spacial score (nSPS) is 30.3. The number of fused-ring (bicyclic) bond motifs is 1. The Morgan fingerprint density at radius 1 is 1.30 bits per heavy atom. The van der Waals surface area contributed by atoms with Crippen LogP contribution in [0.15, 0.2) is 24.3 Å². The van der Waals surface area contributed by atoms with Crippen LogP contribution in [0.1, 0.15) is 31.9 Å². The zero-order chi connectivity index (χ0) is 14.1. The van der Waals surface area contributed by atoms with Gasteiger partial charge in [0.05, 0.1) is 12.1 Å². The van der Waals surface area contributed by atoms with E-state index in [0.29, 0.717) is 12.1 Å². The highest BCUT2D eigenvalue weighted by Crippen LogP contribution is 2.36. The van der Waals surface area contributed by atoms with Crippen molar-refractivity contribution in [1.82, 2.24) is 10.2 Å². The van der Waals surface area contributed by atoms with Crippen LogP contribution in [-0.4, -0.2) is 37.7 Å². The maximum atomic E-state index is 5.99. The number of para-hydroxylation sites is 1. The van der Waals surface area contributed by atoms with Crippen molar-refractivity contribution in [3.63, 3.8) is 0 Å². The molecule has 1 aromatic carbocycles. The first-order valence-corrected chi connectivity index (χ1v) is 7.83. The van der Waals surface area contributed by atoms with E-state index in [2.05, 4.69) is 55.4 Å². The largest absolute Gasteiger partial charge is 0.492 e. The number of likely N-dealkylation sites (tertiary alicyclic amines) is 1. The van der Waals surface area contributed by atoms with Gasteiger partial charge in [-0.25, -0.2) is 0 Å². The van der Waals surface area contributed by atoms with Crippen LogP contribution >= 0.6 is 0 Å². The number of likely N-dealkylation sites (N-methyl/N-ethyl adjacent to an activating group) is 1. The predicted molar refractivity (Wildman–Crippen MR) is 82.0 cm³/mol. The third kappa shape index (κ3) is 2.45. The fourth-order valence-corrected chi connectivity index (χ4v) is 3.67. The van der Waals surface area contributed by atoms with Gasteiger partial charge in [0.15, 0.2) is 0 Å². The summed E-state index contributed by atoms with van der Waals surface area (Å²) in [4.78, 5) is 2.63. The van der Waals surface area contributed by atoms with Gasteiger partial charge in [0, 0.05) is 12.1 Å². The van der Waals surface area contributed by atoms with Crippen LogP contribution in [0.5, 0.6) is 5.75 Å². The molecule has 0 aliphatic carbocycles. The van der Waals surface area contributed by atoms with Crippen LogP contribution in [0.4, 0.5) is 0 Å². The van der Waals surface area contributed by atoms with Gasteiger partial charge in [-0.3, -0.25) is 4.90 Å². The van der Waals surface area contributed by atoms with Crippen molar-refractivity contribution >= 4 is 0 Å². The number of hydrogen-bond donors (Lipinski definition) is 1. The second-order valence-corrected chi connectivity index (χ2v) is 6.47. The van der Waals surface area contributed by atoms with Gasteiger partial charge in [-0.05, 0) is 37.9 Å². The molecular formula is C17H26N2O. The van der Waals surface area contributed by atoms with Gasteiger partial charge >= 0.3 is 0 Å². The minimum Gasteiger partial charge on any atom is -0.492 e. The van der Waals surface area contributed by atoms with Crippen molar-refractivity contribution in [3.05, 3.63) is 29.8 Å². The zero-order valence-electron chi connectivity index (χ0n) is 12.8. The molecule has 3 rings (SSSR count). The molecule has 0 amide bonds.